The smallest absolute Gasteiger partial charge is 0.252 e. The topological polar surface area (TPSA) is 6.48 Å². The summed E-state index contributed by atoms with van der Waals surface area (Å²) in [6, 6.07) is 37.3. The fraction of sp³-hybridized carbons (Fsp3) is 0.268. The normalized spacial score (nSPS) is 13.9. The maximum Gasteiger partial charge on any atom is 0.252 e. The molecular weight excluding hydrogens is 531 g/mol. The minimum absolute atomic E-state index is 0.0467. The molecule has 2 aliphatic heterocycles. The molecule has 0 N–H and O–H groups in total. The molecule has 0 spiro atoms. The summed E-state index contributed by atoms with van der Waals surface area (Å²) in [5, 5.41) is 0. The molecule has 220 valence electrons. The second kappa shape index (κ2) is 9.89. The molecule has 0 atom stereocenters. The van der Waals surface area contributed by atoms with Gasteiger partial charge in [0.05, 0.1) is 0 Å². The molecule has 44 heavy (non-hydrogen) atoms. The lowest BCUT2D eigenvalue weighted by molar-refractivity contribution is 0.590. The fourth-order valence-electron chi connectivity index (χ4n) is 7.09. The Hall–Kier alpha value is -4.24. The highest BCUT2D eigenvalue weighted by atomic mass is 15.2. The standard InChI is InChI=1S/C41H43BN2/c1-26-10-16-31(17-11-26)43-36-21-15-30(41(7,8)9)25-34(36)42-33-22-27(2)12-20-35(33)44(38-24-28(3)23-37(43)39(38)42)32-18-13-29(14-19-32)40(4,5)6/h10-25H,1-9H3. The van der Waals surface area contributed by atoms with Crippen LogP contribution in [0.3, 0.4) is 0 Å². The summed E-state index contributed by atoms with van der Waals surface area (Å²) in [5.74, 6) is 0. The zero-order valence-electron chi connectivity index (χ0n) is 27.7. The molecule has 0 amide bonds. The van der Waals surface area contributed by atoms with Crippen LogP contribution in [0, 0.1) is 20.8 Å². The zero-order valence-corrected chi connectivity index (χ0v) is 27.7. The summed E-state index contributed by atoms with van der Waals surface area (Å²) in [7, 11) is 0. The van der Waals surface area contributed by atoms with Gasteiger partial charge in [0.2, 0.25) is 0 Å². The van der Waals surface area contributed by atoms with Crippen LogP contribution in [0.5, 0.6) is 0 Å². The summed E-state index contributed by atoms with van der Waals surface area (Å²) in [4.78, 5) is 5.01. The van der Waals surface area contributed by atoms with Crippen LogP contribution < -0.4 is 26.2 Å². The van der Waals surface area contributed by atoms with Crippen LogP contribution in [-0.2, 0) is 10.8 Å². The Balaban J connectivity index is 1.56. The van der Waals surface area contributed by atoms with E-state index in [1.165, 1.54) is 78.3 Å². The van der Waals surface area contributed by atoms with E-state index in [2.05, 4.69) is 169 Å². The van der Waals surface area contributed by atoms with Gasteiger partial charge in [-0.3, -0.25) is 0 Å². The van der Waals surface area contributed by atoms with E-state index in [1.807, 2.05) is 0 Å². The molecule has 0 saturated heterocycles. The monoisotopic (exact) mass is 574 g/mol. The van der Waals surface area contributed by atoms with Crippen LogP contribution in [0.2, 0.25) is 0 Å². The van der Waals surface area contributed by atoms with Crippen molar-refractivity contribution in [3.05, 3.63) is 125 Å². The number of hydrogen-bond donors (Lipinski definition) is 0. The van der Waals surface area contributed by atoms with Crippen LogP contribution in [0.25, 0.3) is 0 Å². The highest BCUT2D eigenvalue weighted by molar-refractivity contribution is 7.00. The van der Waals surface area contributed by atoms with Crippen LogP contribution >= 0.6 is 0 Å². The number of rotatable bonds is 2. The van der Waals surface area contributed by atoms with Crippen molar-refractivity contribution in [2.75, 3.05) is 9.80 Å². The summed E-state index contributed by atoms with van der Waals surface area (Å²) in [5.41, 5.74) is 18.3. The SMILES string of the molecule is Cc1ccc(N2c3ccc(C(C)(C)C)cc3B3c4cc(C)ccc4N(c4ccc(C(C)(C)C)cc4)c4cc(C)cc2c43)cc1. The van der Waals surface area contributed by atoms with Crippen LogP contribution in [0.15, 0.2) is 97.1 Å². The van der Waals surface area contributed by atoms with Gasteiger partial charge in [-0.15, -0.1) is 0 Å². The predicted octanol–water partition coefficient (Wildman–Crippen LogP) is 9.29. The minimum Gasteiger partial charge on any atom is -0.311 e. The molecule has 0 unspecified atom stereocenters. The molecule has 5 aromatic rings. The van der Waals surface area contributed by atoms with E-state index >= 15 is 0 Å². The highest BCUT2D eigenvalue weighted by Crippen LogP contribution is 2.45. The molecule has 0 saturated carbocycles. The van der Waals surface area contributed by atoms with E-state index in [9.17, 15) is 0 Å². The minimum atomic E-state index is 0.0467. The van der Waals surface area contributed by atoms with E-state index in [-0.39, 0.29) is 17.5 Å². The molecular formula is C41H43BN2. The molecule has 2 nitrogen and oxygen atoms in total. The average molecular weight is 575 g/mol. The number of fused-ring (bicyclic) bond motifs is 4. The van der Waals surface area contributed by atoms with Gasteiger partial charge in [0.15, 0.2) is 0 Å². The third-order valence-corrected chi connectivity index (χ3v) is 9.52. The van der Waals surface area contributed by atoms with Gasteiger partial charge in [-0.25, -0.2) is 0 Å². The molecule has 7 rings (SSSR count). The van der Waals surface area contributed by atoms with Crippen molar-refractivity contribution < 1.29 is 0 Å². The zero-order chi connectivity index (χ0) is 31.1. The van der Waals surface area contributed by atoms with E-state index in [1.54, 1.807) is 0 Å². The Morgan fingerprint density at radius 3 is 1.43 bits per heavy atom. The highest BCUT2D eigenvalue weighted by Gasteiger charge is 2.43. The number of anilines is 6. The number of nitrogens with zero attached hydrogens (tertiary/aromatic N) is 2. The van der Waals surface area contributed by atoms with Gasteiger partial charge in [0.1, 0.15) is 0 Å². The second-order valence-corrected chi connectivity index (χ2v) is 15.0. The number of aryl methyl sites for hydroxylation is 3. The maximum absolute atomic E-state index is 2.51. The van der Waals surface area contributed by atoms with Crippen molar-refractivity contribution in [3.8, 4) is 0 Å². The summed E-state index contributed by atoms with van der Waals surface area (Å²) >= 11 is 0. The molecule has 0 aliphatic carbocycles. The van der Waals surface area contributed by atoms with Gasteiger partial charge in [-0.2, -0.15) is 0 Å². The Kier molecular flexibility index (Phi) is 6.41. The third-order valence-electron chi connectivity index (χ3n) is 9.52. The Morgan fingerprint density at radius 2 is 0.886 bits per heavy atom. The van der Waals surface area contributed by atoms with Crippen molar-refractivity contribution in [1.29, 1.82) is 0 Å². The lowest BCUT2D eigenvalue weighted by atomic mass is 9.33. The number of hydrogen-bond acceptors (Lipinski definition) is 2. The quantitative estimate of drug-likeness (QED) is 0.190. The largest absolute Gasteiger partial charge is 0.311 e. The van der Waals surface area contributed by atoms with Crippen LogP contribution in [0.4, 0.5) is 34.1 Å². The number of benzene rings is 5. The molecule has 2 heterocycles. The summed E-state index contributed by atoms with van der Waals surface area (Å²) < 4.78 is 0. The van der Waals surface area contributed by atoms with Crippen molar-refractivity contribution in [2.45, 2.75) is 73.1 Å². The van der Waals surface area contributed by atoms with Gasteiger partial charge in [-0.1, -0.05) is 101 Å². The molecule has 5 aromatic carbocycles. The fourth-order valence-corrected chi connectivity index (χ4v) is 7.09. The van der Waals surface area contributed by atoms with Crippen molar-refractivity contribution in [2.24, 2.45) is 0 Å². The summed E-state index contributed by atoms with van der Waals surface area (Å²) in [6.07, 6.45) is 0. The lowest BCUT2D eigenvalue weighted by Gasteiger charge is -2.45. The molecule has 0 fully saturated rings. The average Bonchev–Trinajstić information content (AvgIpc) is 2.96. The van der Waals surface area contributed by atoms with E-state index in [4.69, 9.17) is 0 Å². The first-order chi connectivity index (χ1) is 20.8. The molecule has 3 heteroatoms. The van der Waals surface area contributed by atoms with Crippen molar-refractivity contribution in [1.82, 2.24) is 0 Å². The Bertz CT molecular complexity index is 1900. The predicted molar refractivity (Wildman–Crippen MR) is 192 cm³/mol. The summed E-state index contributed by atoms with van der Waals surface area (Å²) in [6.45, 7) is 20.6. The Labute approximate surface area is 264 Å². The molecule has 0 bridgehead atoms. The first-order valence-corrected chi connectivity index (χ1v) is 16.0. The first-order valence-electron chi connectivity index (χ1n) is 16.0. The van der Waals surface area contributed by atoms with Crippen molar-refractivity contribution >= 4 is 57.2 Å². The van der Waals surface area contributed by atoms with E-state index in [0.717, 1.165) is 0 Å². The first kappa shape index (κ1) is 28.5. The van der Waals surface area contributed by atoms with Gasteiger partial charge in [0, 0.05) is 34.1 Å². The van der Waals surface area contributed by atoms with Crippen LogP contribution in [-0.4, -0.2) is 6.71 Å². The lowest BCUT2D eigenvalue weighted by Crippen LogP contribution is -2.61. The van der Waals surface area contributed by atoms with Gasteiger partial charge < -0.3 is 9.80 Å². The van der Waals surface area contributed by atoms with Crippen molar-refractivity contribution in [3.63, 3.8) is 0 Å². The Morgan fingerprint density at radius 1 is 0.432 bits per heavy atom. The van der Waals surface area contributed by atoms with E-state index in [0.29, 0.717) is 0 Å². The van der Waals surface area contributed by atoms with Gasteiger partial charge >= 0.3 is 0 Å². The second-order valence-electron chi connectivity index (χ2n) is 15.0. The van der Waals surface area contributed by atoms with Crippen LogP contribution in [0.1, 0.15) is 69.4 Å². The third kappa shape index (κ3) is 4.56. The maximum atomic E-state index is 2.51. The molecule has 2 aliphatic rings. The van der Waals surface area contributed by atoms with E-state index < -0.39 is 0 Å². The van der Waals surface area contributed by atoms with Gasteiger partial charge in [-0.05, 0) is 113 Å². The molecule has 0 aromatic heterocycles. The molecule has 0 radical (unpaired) electrons. The van der Waals surface area contributed by atoms with Gasteiger partial charge in [0.25, 0.3) is 6.71 Å².